The smallest absolute Gasteiger partial charge is 0.417 e. The number of fused-ring (bicyclic) bond motifs is 1. The first-order valence-electron chi connectivity index (χ1n) is 14.5. The Bertz CT molecular complexity index is 1260. The highest BCUT2D eigenvalue weighted by Crippen LogP contribution is 2.51. The number of anilines is 1. The van der Waals surface area contributed by atoms with E-state index in [-0.39, 0.29) is 52.7 Å². The van der Waals surface area contributed by atoms with Gasteiger partial charge in [0.05, 0.1) is 24.8 Å². The number of nitrogens with zero attached hydrogens (tertiary/aromatic N) is 2. The fraction of sp³-hybridized carbons (Fsp3) is 0.581. The summed E-state index contributed by atoms with van der Waals surface area (Å²) in [5.74, 6) is 1.40. The van der Waals surface area contributed by atoms with Gasteiger partial charge < -0.3 is 24.6 Å². The van der Waals surface area contributed by atoms with Gasteiger partial charge in [-0.2, -0.15) is 13.2 Å². The summed E-state index contributed by atoms with van der Waals surface area (Å²) in [6.45, 7) is 0.951. The number of likely N-dealkylation sites (tertiary alicyclic amines) is 1. The van der Waals surface area contributed by atoms with Gasteiger partial charge in [0.1, 0.15) is 0 Å². The standard InChI is InChI=1S/C31H39ClF3N3O3.ClH/c1-37-16-15-30(20-9-12-26(40-2)27(17-20)41-3)14-13-23(19-28(30)37)38(22-7-5-4-6-8-22)29(39)36-21-10-11-25(32)24(18-21)31(33,34)35;/h9-12,17-18,22-23,28H,4-8,13-16,19H2,1-3H3,(H,36,39);1H. The van der Waals surface area contributed by atoms with Crippen molar-refractivity contribution in [1.82, 2.24) is 9.80 Å². The number of rotatable bonds is 6. The topological polar surface area (TPSA) is 54.0 Å². The van der Waals surface area contributed by atoms with Gasteiger partial charge in [-0.3, -0.25) is 0 Å². The second kappa shape index (κ2) is 13.1. The van der Waals surface area contributed by atoms with Gasteiger partial charge in [0.2, 0.25) is 0 Å². The normalized spacial score (nSPS) is 24.8. The zero-order valence-corrected chi connectivity index (χ0v) is 25.9. The van der Waals surface area contributed by atoms with Crippen molar-refractivity contribution in [2.24, 2.45) is 0 Å². The van der Waals surface area contributed by atoms with Crippen molar-refractivity contribution >= 4 is 35.7 Å². The molecule has 1 N–H and O–H groups in total. The summed E-state index contributed by atoms with van der Waals surface area (Å²) in [7, 11) is 5.42. The molecule has 3 unspecified atom stereocenters. The Morgan fingerprint density at radius 1 is 1.00 bits per heavy atom. The maximum Gasteiger partial charge on any atom is 0.417 e. The molecule has 42 heavy (non-hydrogen) atoms. The van der Waals surface area contributed by atoms with Crippen LogP contribution in [-0.2, 0) is 11.6 Å². The Kier molecular flexibility index (Phi) is 10.2. The summed E-state index contributed by atoms with van der Waals surface area (Å²) in [4.78, 5) is 18.3. The number of ether oxygens (including phenoxy) is 2. The fourth-order valence-electron chi connectivity index (χ4n) is 7.49. The molecule has 1 saturated heterocycles. The molecule has 0 bridgehead atoms. The van der Waals surface area contributed by atoms with Crippen molar-refractivity contribution in [3.05, 3.63) is 52.5 Å². The molecule has 11 heteroatoms. The van der Waals surface area contributed by atoms with Crippen LogP contribution in [0.1, 0.15) is 68.9 Å². The van der Waals surface area contributed by atoms with Crippen LogP contribution in [-0.4, -0.2) is 61.8 Å². The summed E-state index contributed by atoms with van der Waals surface area (Å²) in [5.41, 5.74) is 0.293. The Morgan fingerprint density at radius 2 is 1.71 bits per heavy atom. The van der Waals surface area contributed by atoms with Gasteiger partial charge in [0.15, 0.2) is 11.5 Å². The van der Waals surface area contributed by atoms with E-state index in [0.29, 0.717) is 11.5 Å². The van der Waals surface area contributed by atoms with Crippen molar-refractivity contribution in [3.8, 4) is 11.5 Å². The summed E-state index contributed by atoms with van der Waals surface area (Å²) in [6.07, 6.45) is 3.94. The maximum absolute atomic E-state index is 13.9. The third kappa shape index (κ3) is 6.29. The monoisotopic (exact) mass is 629 g/mol. The summed E-state index contributed by atoms with van der Waals surface area (Å²) < 4.78 is 51.6. The highest BCUT2D eigenvalue weighted by Gasteiger charge is 2.52. The number of carbonyl (C=O) groups is 1. The van der Waals surface area contributed by atoms with Gasteiger partial charge in [-0.25, -0.2) is 4.79 Å². The van der Waals surface area contributed by atoms with Crippen LogP contribution >= 0.6 is 24.0 Å². The Morgan fingerprint density at radius 3 is 2.38 bits per heavy atom. The van der Waals surface area contributed by atoms with Crippen LogP contribution in [0.2, 0.25) is 5.02 Å². The molecule has 0 radical (unpaired) electrons. The zero-order valence-electron chi connectivity index (χ0n) is 24.3. The van der Waals surface area contributed by atoms with Crippen LogP contribution in [0, 0.1) is 0 Å². The number of alkyl halides is 3. The van der Waals surface area contributed by atoms with Gasteiger partial charge in [-0.15, -0.1) is 12.4 Å². The lowest BCUT2D eigenvalue weighted by atomic mass is 9.64. The molecule has 2 aliphatic carbocycles. The lowest BCUT2D eigenvalue weighted by Crippen LogP contribution is -2.56. The molecule has 0 aromatic heterocycles. The molecule has 2 amide bonds. The minimum absolute atomic E-state index is 0. The van der Waals surface area contributed by atoms with Gasteiger partial charge in [0, 0.05) is 29.2 Å². The number of hydrogen-bond donors (Lipinski definition) is 1. The summed E-state index contributed by atoms with van der Waals surface area (Å²) in [5, 5.41) is 2.41. The van der Waals surface area contributed by atoms with E-state index in [1.54, 1.807) is 14.2 Å². The number of hydrogen-bond acceptors (Lipinski definition) is 4. The second-order valence-corrected chi connectivity index (χ2v) is 12.1. The molecule has 6 nitrogen and oxygen atoms in total. The first-order valence-corrected chi connectivity index (χ1v) is 14.8. The Balaban J connectivity index is 0.00000405. The highest BCUT2D eigenvalue weighted by atomic mass is 35.5. The number of methoxy groups -OCH3 is 2. The lowest BCUT2D eigenvalue weighted by Gasteiger charge is -2.49. The van der Waals surface area contributed by atoms with Crippen LogP contribution in [0.4, 0.5) is 23.7 Å². The number of halogens is 5. The molecule has 5 rings (SSSR count). The van der Waals surface area contributed by atoms with Gasteiger partial charge in [-0.1, -0.05) is 36.9 Å². The third-order valence-corrected chi connectivity index (χ3v) is 9.91. The molecule has 0 spiro atoms. The van der Waals surface area contributed by atoms with E-state index in [9.17, 15) is 18.0 Å². The lowest BCUT2D eigenvalue weighted by molar-refractivity contribution is -0.137. The third-order valence-electron chi connectivity index (χ3n) is 9.58. The van der Waals surface area contributed by atoms with Crippen LogP contribution in [0.25, 0.3) is 0 Å². The Hall–Kier alpha value is -2.36. The second-order valence-electron chi connectivity index (χ2n) is 11.7. The summed E-state index contributed by atoms with van der Waals surface area (Å²) in [6, 6.07) is 9.66. The first-order chi connectivity index (χ1) is 19.6. The minimum Gasteiger partial charge on any atom is -0.493 e. The maximum atomic E-state index is 13.9. The molecular formula is C31H40Cl2F3N3O3. The first kappa shape index (κ1) is 32.6. The van der Waals surface area contributed by atoms with Crippen molar-refractivity contribution in [2.45, 2.75) is 87.5 Å². The molecule has 1 aliphatic heterocycles. The average molecular weight is 631 g/mol. The van der Waals surface area contributed by atoms with Gasteiger partial charge >= 0.3 is 12.2 Å². The van der Waals surface area contributed by atoms with Crippen molar-refractivity contribution in [1.29, 1.82) is 0 Å². The van der Waals surface area contributed by atoms with E-state index in [1.165, 1.54) is 17.7 Å². The van der Waals surface area contributed by atoms with E-state index in [0.717, 1.165) is 70.4 Å². The minimum atomic E-state index is -4.61. The number of likely N-dealkylation sites (N-methyl/N-ethyl adjacent to an activating group) is 1. The van der Waals surface area contributed by atoms with Crippen molar-refractivity contribution in [2.75, 3.05) is 33.1 Å². The molecule has 1 heterocycles. The van der Waals surface area contributed by atoms with E-state index >= 15 is 0 Å². The molecular weight excluding hydrogens is 590 g/mol. The van der Waals surface area contributed by atoms with Crippen LogP contribution in [0.3, 0.4) is 0 Å². The van der Waals surface area contributed by atoms with E-state index < -0.39 is 11.7 Å². The van der Waals surface area contributed by atoms with E-state index in [2.05, 4.69) is 29.4 Å². The summed E-state index contributed by atoms with van der Waals surface area (Å²) >= 11 is 5.83. The molecule has 2 saturated carbocycles. The zero-order chi connectivity index (χ0) is 29.4. The van der Waals surface area contributed by atoms with Crippen LogP contribution < -0.4 is 14.8 Å². The van der Waals surface area contributed by atoms with Crippen molar-refractivity contribution < 1.29 is 27.4 Å². The number of benzene rings is 2. The van der Waals surface area contributed by atoms with Crippen molar-refractivity contribution in [3.63, 3.8) is 0 Å². The quantitative estimate of drug-likeness (QED) is 0.350. The molecule has 3 fully saturated rings. The van der Waals surface area contributed by atoms with E-state index in [4.69, 9.17) is 21.1 Å². The van der Waals surface area contributed by atoms with Gasteiger partial charge in [0.25, 0.3) is 0 Å². The largest absolute Gasteiger partial charge is 0.493 e. The van der Waals surface area contributed by atoms with Crippen LogP contribution in [0.5, 0.6) is 11.5 Å². The number of carbonyl (C=O) groups excluding carboxylic acids is 1. The Labute approximate surface area is 257 Å². The predicted octanol–water partition coefficient (Wildman–Crippen LogP) is 8.16. The molecule has 2 aromatic carbocycles. The number of amides is 2. The molecule has 2 aromatic rings. The average Bonchev–Trinajstić information content (AvgIpc) is 3.30. The molecule has 3 atom stereocenters. The SMILES string of the molecule is COc1ccc(C23CCC(N(C(=O)Nc4ccc(Cl)c(C(F)(F)F)c4)C4CCCCC4)CC2N(C)CC3)cc1OC.Cl. The highest BCUT2D eigenvalue weighted by molar-refractivity contribution is 6.31. The van der Waals surface area contributed by atoms with Crippen LogP contribution in [0.15, 0.2) is 36.4 Å². The van der Waals surface area contributed by atoms with E-state index in [1.807, 2.05) is 11.0 Å². The fourth-order valence-corrected chi connectivity index (χ4v) is 7.72. The molecule has 3 aliphatic rings. The number of urea groups is 1. The predicted molar refractivity (Wildman–Crippen MR) is 161 cm³/mol. The van der Waals surface area contributed by atoms with Gasteiger partial charge in [-0.05, 0) is 88.0 Å². The number of nitrogens with one attached hydrogen (secondary N) is 1. The molecule has 232 valence electrons.